The molecule has 0 bridgehead atoms. The second-order valence-corrected chi connectivity index (χ2v) is 4.16. The summed E-state index contributed by atoms with van der Waals surface area (Å²) in [6, 6.07) is 0. The molecule has 6 heteroatoms. The van der Waals surface area contributed by atoms with E-state index in [1.54, 1.807) is 0 Å². The summed E-state index contributed by atoms with van der Waals surface area (Å²) in [5.41, 5.74) is -1.46. The summed E-state index contributed by atoms with van der Waals surface area (Å²) in [5, 5.41) is 8.71. The van der Waals surface area contributed by atoms with Crippen molar-refractivity contribution in [2.24, 2.45) is 0 Å². The van der Waals surface area contributed by atoms with Crippen molar-refractivity contribution < 1.29 is 18.7 Å². The predicted molar refractivity (Wildman–Crippen MR) is 50.5 cm³/mol. The van der Waals surface area contributed by atoms with Crippen molar-refractivity contribution >= 4 is 5.97 Å². The van der Waals surface area contributed by atoms with Gasteiger partial charge in [0.1, 0.15) is 17.1 Å². The van der Waals surface area contributed by atoms with E-state index in [1.165, 1.54) is 0 Å². The molecule has 0 aromatic carbocycles. The molecule has 1 N–H and O–H groups in total. The number of hydrogen-bond acceptors (Lipinski definition) is 3. The van der Waals surface area contributed by atoms with Gasteiger partial charge in [-0.3, -0.25) is 0 Å². The summed E-state index contributed by atoms with van der Waals surface area (Å²) >= 11 is 0. The standard InChI is InChI=1S/C10H10F2N2O2/c1-10(2-3-10)9-13-4-5(8(15)16)6(14-9)7(11)12/h4,7H,2-3H2,1H3,(H,15,16). The Balaban J connectivity index is 2.48. The van der Waals surface area contributed by atoms with Gasteiger partial charge in [-0.05, 0) is 12.8 Å². The van der Waals surface area contributed by atoms with E-state index in [2.05, 4.69) is 9.97 Å². The number of carboxylic acids is 1. The van der Waals surface area contributed by atoms with E-state index in [0.29, 0.717) is 5.82 Å². The zero-order valence-electron chi connectivity index (χ0n) is 8.57. The predicted octanol–water partition coefficient (Wildman–Crippen LogP) is 2.16. The van der Waals surface area contributed by atoms with E-state index >= 15 is 0 Å². The highest BCUT2D eigenvalue weighted by Gasteiger charge is 2.42. The van der Waals surface area contributed by atoms with Crippen LogP contribution in [0.3, 0.4) is 0 Å². The van der Waals surface area contributed by atoms with Gasteiger partial charge in [-0.1, -0.05) is 6.92 Å². The topological polar surface area (TPSA) is 63.1 Å². The maximum atomic E-state index is 12.6. The van der Waals surface area contributed by atoms with Crippen molar-refractivity contribution in [2.75, 3.05) is 0 Å². The first-order chi connectivity index (χ1) is 7.44. The van der Waals surface area contributed by atoms with Gasteiger partial charge in [-0.15, -0.1) is 0 Å². The van der Waals surface area contributed by atoms with Crippen LogP contribution in [0.5, 0.6) is 0 Å². The van der Waals surface area contributed by atoms with Gasteiger partial charge in [-0.2, -0.15) is 0 Å². The highest BCUT2D eigenvalue weighted by molar-refractivity contribution is 5.88. The SMILES string of the molecule is CC1(c2ncc(C(=O)O)c(C(F)F)n2)CC1. The Morgan fingerprint density at radius 2 is 2.19 bits per heavy atom. The molecule has 1 aromatic heterocycles. The van der Waals surface area contributed by atoms with Crippen LogP contribution in [0.1, 0.15) is 48.1 Å². The molecule has 1 aromatic rings. The molecule has 4 nitrogen and oxygen atoms in total. The molecule has 0 saturated heterocycles. The lowest BCUT2D eigenvalue weighted by molar-refractivity contribution is 0.0681. The Bertz CT molecular complexity index is 444. The Hall–Kier alpha value is -1.59. The van der Waals surface area contributed by atoms with Crippen molar-refractivity contribution in [3.63, 3.8) is 0 Å². The third kappa shape index (κ3) is 1.75. The lowest BCUT2D eigenvalue weighted by Gasteiger charge is -2.10. The summed E-state index contributed by atoms with van der Waals surface area (Å²) in [7, 11) is 0. The Labute approximate surface area is 90.3 Å². The number of carboxylic acid groups (broad SMARTS) is 1. The number of rotatable bonds is 3. The molecular formula is C10H10F2N2O2. The van der Waals surface area contributed by atoms with E-state index in [4.69, 9.17) is 5.11 Å². The van der Waals surface area contributed by atoms with Gasteiger partial charge in [-0.25, -0.2) is 23.5 Å². The number of aromatic nitrogens is 2. The smallest absolute Gasteiger partial charge is 0.339 e. The summed E-state index contributed by atoms with van der Waals surface area (Å²) in [6.07, 6.45) is -0.227. The molecule has 1 saturated carbocycles. The average Bonchev–Trinajstić information content (AvgIpc) is 2.96. The lowest BCUT2D eigenvalue weighted by atomic mass is 10.1. The molecule has 0 aliphatic heterocycles. The van der Waals surface area contributed by atoms with Gasteiger partial charge in [0, 0.05) is 11.6 Å². The minimum Gasteiger partial charge on any atom is -0.478 e. The van der Waals surface area contributed by atoms with Gasteiger partial charge < -0.3 is 5.11 Å². The van der Waals surface area contributed by atoms with Crippen molar-refractivity contribution in [3.05, 3.63) is 23.3 Å². The maximum absolute atomic E-state index is 12.6. The third-order valence-corrected chi connectivity index (χ3v) is 2.80. The molecule has 2 rings (SSSR count). The van der Waals surface area contributed by atoms with Gasteiger partial charge in [0.25, 0.3) is 6.43 Å². The second kappa shape index (κ2) is 3.47. The van der Waals surface area contributed by atoms with Crippen molar-refractivity contribution in [3.8, 4) is 0 Å². The number of halogens is 2. The summed E-state index contributed by atoms with van der Waals surface area (Å²) in [4.78, 5) is 18.2. The largest absolute Gasteiger partial charge is 0.478 e. The zero-order valence-corrected chi connectivity index (χ0v) is 8.57. The van der Waals surface area contributed by atoms with Crippen LogP contribution in [-0.4, -0.2) is 21.0 Å². The van der Waals surface area contributed by atoms with Crippen LogP contribution in [-0.2, 0) is 5.41 Å². The second-order valence-electron chi connectivity index (χ2n) is 4.16. The van der Waals surface area contributed by atoms with Crippen LogP contribution >= 0.6 is 0 Å². The number of carbonyl (C=O) groups is 1. The van der Waals surface area contributed by atoms with Crippen LogP contribution in [0.15, 0.2) is 6.20 Å². The highest BCUT2D eigenvalue weighted by Crippen LogP contribution is 2.46. The number of hydrogen-bond donors (Lipinski definition) is 1. The fourth-order valence-corrected chi connectivity index (χ4v) is 1.43. The van der Waals surface area contributed by atoms with Crippen molar-refractivity contribution in [1.82, 2.24) is 9.97 Å². The maximum Gasteiger partial charge on any atom is 0.339 e. The Morgan fingerprint density at radius 3 is 2.62 bits per heavy atom. The molecule has 86 valence electrons. The third-order valence-electron chi connectivity index (χ3n) is 2.80. The van der Waals surface area contributed by atoms with Crippen molar-refractivity contribution in [1.29, 1.82) is 0 Å². The van der Waals surface area contributed by atoms with Gasteiger partial charge in [0.05, 0.1) is 0 Å². The molecule has 1 aliphatic carbocycles. The lowest BCUT2D eigenvalue weighted by Crippen LogP contribution is -2.13. The van der Waals surface area contributed by atoms with Gasteiger partial charge in [0.2, 0.25) is 0 Å². The van der Waals surface area contributed by atoms with Crippen LogP contribution in [0.4, 0.5) is 8.78 Å². The summed E-state index contributed by atoms with van der Waals surface area (Å²) in [6.45, 7) is 1.87. The number of nitrogens with zero attached hydrogens (tertiary/aromatic N) is 2. The molecule has 0 amide bonds. The normalized spacial score (nSPS) is 17.5. The highest BCUT2D eigenvalue weighted by atomic mass is 19.3. The average molecular weight is 228 g/mol. The summed E-state index contributed by atoms with van der Waals surface area (Å²) < 4.78 is 25.2. The molecule has 1 fully saturated rings. The molecule has 0 spiro atoms. The molecule has 0 radical (unpaired) electrons. The van der Waals surface area contributed by atoms with E-state index in [1.807, 2.05) is 6.92 Å². The fraction of sp³-hybridized carbons (Fsp3) is 0.500. The van der Waals surface area contributed by atoms with Crippen molar-refractivity contribution in [2.45, 2.75) is 31.6 Å². The first-order valence-corrected chi connectivity index (χ1v) is 4.83. The Kier molecular flexibility index (Phi) is 2.36. The number of aromatic carboxylic acids is 1. The van der Waals surface area contributed by atoms with Crippen LogP contribution in [0, 0.1) is 0 Å². The van der Waals surface area contributed by atoms with Gasteiger partial charge >= 0.3 is 5.97 Å². The molecule has 0 unspecified atom stereocenters. The van der Waals surface area contributed by atoms with Crippen LogP contribution in [0.25, 0.3) is 0 Å². The first kappa shape index (κ1) is 10.9. The number of alkyl halides is 2. The fourth-order valence-electron chi connectivity index (χ4n) is 1.43. The minimum atomic E-state index is -2.89. The summed E-state index contributed by atoms with van der Waals surface area (Å²) in [5.74, 6) is -1.12. The van der Waals surface area contributed by atoms with E-state index in [-0.39, 0.29) is 5.41 Å². The quantitative estimate of drug-likeness (QED) is 0.861. The van der Waals surface area contributed by atoms with E-state index in [9.17, 15) is 13.6 Å². The van der Waals surface area contributed by atoms with Crippen LogP contribution < -0.4 is 0 Å². The van der Waals surface area contributed by atoms with E-state index < -0.39 is 23.7 Å². The Morgan fingerprint density at radius 1 is 1.56 bits per heavy atom. The molecule has 16 heavy (non-hydrogen) atoms. The van der Waals surface area contributed by atoms with Gasteiger partial charge in [0.15, 0.2) is 0 Å². The molecule has 0 atom stereocenters. The molecular weight excluding hydrogens is 218 g/mol. The first-order valence-electron chi connectivity index (χ1n) is 4.83. The monoisotopic (exact) mass is 228 g/mol. The molecule has 1 heterocycles. The van der Waals surface area contributed by atoms with Crippen LogP contribution in [0.2, 0.25) is 0 Å². The van der Waals surface area contributed by atoms with E-state index in [0.717, 1.165) is 19.0 Å². The molecule has 1 aliphatic rings. The zero-order chi connectivity index (χ0) is 11.9. The minimum absolute atomic E-state index is 0.249.